The Morgan fingerprint density at radius 3 is 2.86 bits per heavy atom. The topological polar surface area (TPSA) is 23.5 Å². The van der Waals surface area contributed by atoms with Crippen LogP contribution in [0.4, 0.5) is 0 Å². The second-order valence-corrected chi connectivity index (χ2v) is 4.67. The van der Waals surface area contributed by atoms with Crippen molar-refractivity contribution in [3.63, 3.8) is 0 Å². The van der Waals surface area contributed by atoms with Crippen LogP contribution < -0.4 is 0 Å². The first-order valence-corrected chi connectivity index (χ1v) is 5.98. The Morgan fingerprint density at radius 2 is 2.14 bits per heavy atom. The number of rotatable bonds is 3. The first-order chi connectivity index (χ1) is 6.64. The number of hydrogen-bond acceptors (Lipinski definition) is 3. The van der Waals surface area contributed by atoms with Crippen LogP contribution in [0.15, 0.2) is 12.2 Å². The largest absolute Gasteiger partial charge is 0.390 e. The molecule has 0 saturated carbocycles. The average molecular weight is 215 g/mol. The molecule has 82 valence electrons. The van der Waals surface area contributed by atoms with Crippen molar-refractivity contribution in [2.24, 2.45) is 0 Å². The molecule has 0 aromatic heterocycles. The molecule has 1 aliphatic heterocycles. The fraction of sp³-hybridized carbons (Fsp3) is 0.818. The summed E-state index contributed by atoms with van der Waals surface area (Å²) < 4.78 is 0. The van der Waals surface area contributed by atoms with Gasteiger partial charge in [0, 0.05) is 18.8 Å². The molecule has 1 atom stereocenters. The Balaban J connectivity index is 2.31. The maximum Gasteiger partial charge on any atom is 0.0632 e. The molecule has 3 heteroatoms. The van der Waals surface area contributed by atoms with Crippen LogP contribution in [0.5, 0.6) is 0 Å². The van der Waals surface area contributed by atoms with Crippen molar-refractivity contribution in [2.45, 2.75) is 31.8 Å². The van der Waals surface area contributed by atoms with Crippen molar-refractivity contribution in [3.05, 3.63) is 12.2 Å². The van der Waals surface area contributed by atoms with Gasteiger partial charge >= 0.3 is 0 Å². The lowest BCUT2D eigenvalue weighted by Crippen LogP contribution is -2.28. The minimum Gasteiger partial charge on any atom is -0.390 e. The molecular formula is C11H21NOS. The summed E-state index contributed by atoms with van der Waals surface area (Å²) in [7, 11) is 0. The zero-order valence-electron chi connectivity index (χ0n) is 8.95. The minimum absolute atomic E-state index is 0.442. The Labute approximate surface area is 92.4 Å². The first-order valence-electron chi connectivity index (χ1n) is 5.35. The molecule has 1 saturated heterocycles. The van der Waals surface area contributed by atoms with Gasteiger partial charge in [0.2, 0.25) is 0 Å². The van der Waals surface area contributed by atoms with E-state index in [2.05, 4.69) is 29.7 Å². The molecule has 0 spiro atoms. The second kappa shape index (κ2) is 5.79. The fourth-order valence-corrected chi connectivity index (χ4v) is 1.95. The summed E-state index contributed by atoms with van der Waals surface area (Å²) >= 11 is 4.12. The number of nitrogens with zero attached hydrogens (tertiary/aromatic N) is 1. The summed E-state index contributed by atoms with van der Waals surface area (Å²) in [6.45, 7) is 5.05. The van der Waals surface area contributed by atoms with E-state index < -0.39 is 5.60 Å². The van der Waals surface area contributed by atoms with E-state index in [1.165, 1.54) is 0 Å². The second-order valence-electron chi connectivity index (χ2n) is 4.31. The molecule has 0 amide bonds. The fourth-order valence-electron chi connectivity index (χ4n) is 1.80. The third-order valence-corrected chi connectivity index (χ3v) is 3.00. The molecule has 14 heavy (non-hydrogen) atoms. The van der Waals surface area contributed by atoms with Gasteiger partial charge in [-0.2, -0.15) is 12.6 Å². The summed E-state index contributed by atoms with van der Waals surface area (Å²) in [5, 5.41) is 9.89. The molecule has 0 aromatic rings. The molecule has 0 bridgehead atoms. The highest BCUT2D eigenvalue weighted by atomic mass is 32.1. The lowest BCUT2D eigenvalue weighted by Gasteiger charge is -2.21. The summed E-state index contributed by atoms with van der Waals surface area (Å²) in [4.78, 5) is 2.39. The van der Waals surface area contributed by atoms with Gasteiger partial charge in [0.1, 0.15) is 0 Å². The predicted octanol–water partition coefficient (Wildman–Crippen LogP) is 1.71. The Bertz CT molecular complexity index is 192. The molecule has 0 aliphatic carbocycles. The third kappa shape index (κ3) is 4.49. The summed E-state index contributed by atoms with van der Waals surface area (Å²) in [5.74, 6) is 0.811. The molecular weight excluding hydrogens is 194 g/mol. The zero-order chi connectivity index (χ0) is 10.4. The quantitative estimate of drug-likeness (QED) is 0.553. The Hall–Kier alpha value is 0.01000. The Morgan fingerprint density at radius 1 is 1.36 bits per heavy atom. The maximum absolute atomic E-state index is 9.89. The van der Waals surface area contributed by atoms with Gasteiger partial charge in [-0.05, 0) is 32.7 Å². The van der Waals surface area contributed by atoms with E-state index in [4.69, 9.17) is 0 Å². The van der Waals surface area contributed by atoms with Crippen molar-refractivity contribution < 1.29 is 5.11 Å². The molecule has 1 fully saturated rings. The smallest absolute Gasteiger partial charge is 0.0632 e. The van der Waals surface area contributed by atoms with Gasteiger partial charge in [-0.25, -0.2) is 0 Å². The lowest BCUT2D eigenvalue weighted by atomic mass is 9.98. The molecule has 1 unspecified atom stereocenters. The van der Waals surface area contributed by atoms with Gasteiger partial charge < -0.3 is 5.11 Å². The maximum atomic E-state index is 9.89. The van der Waals surface area contributed by atoms with E-state index in [9.17, 15) is 5.11 Å². The lowest BCUT2D eigenvalue weighted by molar-refractivity contribution is 0.0450. The normalized spacial score (nSPS) is 30.8. The minimum atomic E-state index is -0.442. The highest BCUT2D eigenvalue weighted by Gasteiger charge is 2.24. The van der Waals surface area contributed by atoms with Gasteiger partial charge in [0.05, 0.1) is 5.60 Å². The number of likely N-dealkylation sites (tertiary alicyclic amines) is 1. The number of aliphatic hydroxyl groups is 1. The molecule has 0 radical (unpaired) electrons. The van der Waals surface area contributed by atoms with Crippen LogP contribution in [0.1, 0.15) is 26.2 Å². The van der Waals surface area contributed by atoms with E-state index in [0.717, 1.165) is 44.6 Å². The monoisotopic (exact) mass is 215 g/mol. The molecule has 2 nitrogen and oxygen atoms in total. The summed E-state index contributed by atoms with van der Waals surface area (Å²) in [6, 6.07) is 0. The van der Waals surface area contributed by atoms with Crippen LogP contribution in [0.25, 0.3) is 0 Å². The summed E-state index contributed by atoms with van der Waals surface area (Å²) in [6.07, 6.45) is 7.16. The van der Waals surface area contributed by atoms with Crippen molar-refractivity contribution in [3.8, 4) is 0 Å². The van der Waals surface area contributed by atoms with Crippen LogP contribution >= 0.6 is 12.6 Å². The van der Waals surface area contributed by atoms with Crippen molar-refractivity contribution in [2.75, 3.05) is 25.4 Å². The Kier molecular flexibility index (Phi) is 4.99. The molecule has 1 N–H and O–H groups in total. The van der Waals surface area contributed by atoms with E-state index in [0.29, 0.717) is 0 Å². The standard InChI is InChI=1S/C11H21NOS/c1-11(13)5-4-8-12(9-6-11)7-2-3-10-14/h2-3,13-14H,4-10H2,1H3/b3-2+. The number of thiol groups is 1. The van der Waals surface area contributed by atoms with Crippen molar-refractivity contribution >= 4 is 12.6 Å². The van der Waals surface area contributed by atoms with Gasteiger partial charge in [-0.1, -0.05) is 12.2 Å². The molecule has 1 rings (SSSR count). The summed E-state index contributed by atoms with van der Waals surface area (Å²) in [5.41, 5.74) is -0.442. The van der Waals surface area contributed by atoms with E-state index in [1.54, 1.807) is 0 Å². The highest BCUT2D eigenvalue weighted by Crippen LogP contribution is 2.20. The van der Waals surface area contributed by atoms with Gasteiger partial charge in [-0.3, -0.25) is 4.90 Å². The molecule has 1 aliphatic rings. The van der Waals surface area contributed by atoms with E-state index in [1.807, 2.05) is 6.92 Å². The first kappa shape index (κ1) is 12.1. The van der Waals surface area contributed by atoms with Crippen molar-refractivity contribution in [1.29, 1.82) is 0 Å². The third-order valence-electron chi connectivity index (χ3n) is 2.79. The van der Waals surface area contributed by atoms with E-state index in [-0.39, 0.29) is 0 Å². The zero-order valence-corrected chi connectivity index (χ0v) is 9.84. The van der Waals surface area contributed by atoms with Gasteiger partial charge in [0.25, 0.3) is 0 Å². The van der Waals surface area contributed by atoms with Crippen molar-refractivity contribution in [1.82, 2.24) is 4.90 Å². The van der Waals surface area contributed by atoms with Crippen LogP contribution in [0, 0.1) is 0 Å². The number of hydrogen-bond donors (Lipinski definition) is 2. The molecule has 0 aromatic carbocycles. The van der Waals surface area contributed by atoms with Crippen LogP contribution in [-0.4, -0.2) is 41.0 Å². The molecule has 1 heterocycles. The average Bonchev–Trinajstić information content (AvgIpc) is 2.28. The van der Waals surface area contributed by atoms with Crippen LogP contribution in [-0.2, 0) is 0 Å². The van der Waals surface area contributed by atoms with Gasteiger partial charge in [0.15, 0.2) is 0 Å². The van der Waals surface area contributed by atoms with Crippen LogP contribution in [0.3, 0.4) is 0 Å². The van der Waals surface area contributed by atoms with Gasteiger partial charge in [-0.15, -0.1) is 0 Å². The highest BCUT2D eigenvalue weighted by molar-refractivity contribution is 7.80. The van der Waals surface area contributed by atoms with E-state index >= 15 is 0 Å². The SMILES string of the molecule is CC1(O)CCCN(C/C=C/CS)CC1. The predicted molar refractivity (Wildman–Crippen MR) is 63.9 cm³/mol. The van der Waals surface area contributed by atoms with Crippen LogP contribution in [0.2, 0.25) is 0 Å².